The summed E-state index contributed by atoms with van der Waals surface area (Å²) < 4.78 is 30.3. The summed E-state index contributed by atoms with van der Waals surface area (Å²) in [6.45, 7) is 5.17. The zero-order valence-electron chi connectivity index (χ0n) is 23.4. The Morgan fingerprint density at radius 3 is 2.46 bits per heavy atom. The number of fused-ring (bicyclic) bond motifs is 2. The molecule has 0 unspecified atom stereocenters. The molecule has 0 aromatic heterocycles. The topological polar surface area (TPSA) is 124 Å². The van der Waals surface area contributed by atoms with Crippen LogP contribution in [0, 0.1) is 34.5 Å². The van der Waals surface area contributed by atoms with Crippen LogP contribution in [0.2, 0.25) is 0 Å². The predicted molar refractivity (Wildman–Crippen MR) is 138 cm³/mol. The van der Waals surface area contributed by atoms with Gasteiger partial charge in [0, 0.05) is 69.8 Å². The van der Waals surface area contributed by atoms with E-state index in [9.17, 15) is 19.8 Å². The molecule has 0 aromatic rings. The molecule has 1 heterocycles. The molecular weight excluding hydrogens is 530 g/mol. The molecule has 1 saturated heterocycles. The number of nitrogens with zero attached hydrogens (tertiary/aromatic N) is 1. The van der Waals surface area contributed by atoms with Crippen LogP contribution in [0.1, 0.15) is 39.5 Å². The van der Waals surface area contributed by atoms with Gasteiger partial charge in [0.2, 0.25) is 0 Å². The Morgan fingerprint density at radius 1 is 1.13 bits per heavy atom. The lowest BCUT2D eigenvalue weighted by atomic mass is 9.42. The monoisotopic (exact) mass is 571 g/mol. The lowest BCUT2D eigenvalue weighted by Gasteiger charge is -2.69. The van der Waals surface area contributed by atoms with Crippen molar-refractivity contribution < 1.29 is 43.5 Å². The van der Waals surface area contributed by atoms with E-state index in [0.29, 0.717) is 39.0 Å². The maximum atomic E-state index is 13.2. The van der Waals surface area contributed by atoms with E-state index < -0.39 is 70.3 Å². The first kappa shape index (κ1) is 28.1. The lowest BCUT2D eigenvalue weighted by molar-refractivity contribution is -0.318. The van der Waals surface area contributed by atoms with Gasteiger partial charge in [0.1, 0.15) is 29.3 Å². The van der Waals surface area contributed by atoms with Gasteiger partial charge in [-0.05, 0) is 31.7 Å². The summed E-state index contributed by atoms with van der Waals surface area (Å²) in [5, 5.41) is 26.2. The van der Waals surface area contributed by atoms with Crippen LogP contribution in [0.15, 0.2) is 0 Å². The van der Waals surface area contributed by atoms with Gasteiger partial charge in [-0.1, -0.05) is 6.92 Å². The molecule has 1 spiro atoms. The summed E-state index contributed by atoms with van der Waals surface area (Å²) >= 11 is 5.96. The van der Waals surface area contributed by atoms with Gasteiger partial charge in [-0.15, -0.1) is 11.6 Å². The Hall–Kier alpha value is -1.01. The fourth-order valence-electron chi connectivity index (χ4n) is 11.3. The first-order chi connectivity index (χ1) is 18.5. The van der Waals surface area contributed by atoms with E-state index in [-0.39, 0.29) is 30.1 Å². The summed E-state index contributed by atoms with van der Waals surface area (Å²) in [7, 11) is 4.88. The smallest absolute Gasteiger partial charge is 0.321 e. The van der Waals surface area contributed by atoms with Crippen LogP contribution >= 0.6 is 11.6 Å². The minimum absolute atomic E-state index is 0.161. The number of halogens is 1. The molecule has 11 heteroatoms. The number of methoxy groups -OCH3 is 3. The number of rotatable bonds is 8. The number of esters is 2. The third-order valence-corrected chi connectivity index (χ3v) is 12.1. The summed E-state index contributed by atoms with van der Waals surface area (Å²) in [6, 6.07) is -0.554. The Labute approximate surface area is 234 Å². The van der Waals surface area contributed by atoms with Gasteiger partial charge in [0.25, 0.3) is 0 Å². The number of hydrogen-bond acceptors (Lipinski definition) is 10. The number of hydrogen-bond donors (Lipinski definition) is 2. The third kappa shape index (κ3) is 3.15. The molecule has 39 heavy (non-hydrogen) atoms. The van der Waals surface area contributed by atoms with Crippen molar-refractivity contribution in [3.8, 4) is 0 Å². The van der Waals surface area contributed by atoms with Gasteiger partial charge in [-0.25, -0.2) is 0 Å². The van der Waals surface area contributed by atoms with Crippen LogP contribution in [-0.4, -0.2) is 116 Å². The largest absolute Gasteiger partial charge is 0.462 e. The van der Waals surface area contributed by atoms with Crippen molar-refractivity contribution in [3.05, 3.63) is 0 Å². The Kier molecular flexibility index (Phi) is 6.67. The molecule has 1 aliphatic heterocycles. The SMILES string of the molecule is CCN1C[C@]2(COC)CC[C@H](OC(=O)CCl)[C@]34[C@@H]5C[C@H]6[C@H](OC(C)=O)[C@@H]5[C@](O)(C[C@@H]6OC)[C@](O)([C@H]13)[C@@H](OC)[C@H]24. The van der Waals surface area contributed by atoms with E-state index in [1.807, 2.05) is 0 Å². The van der Waals surface area contributed by atoms with Gasteiger partial charge < -0.3 is 33.9 Å². The van der Waals surface area contributed by atoms with Crippen molar-refractivity contribution in [2.75, 3.05) is 46.9 Å². The highest BCUT2D eigenvalue weighted by Gasteiger charge is 2.92. The Balaban J connectivity index is 1.66. The third-order valence-electron chi connectivity index (χ3n) is 11.9. The molecule has 6 fully saturated rings. The lowest BCUT2D eigenvalue weighted by Crippen LogP contribution is -2.82. The minimum Gasteiger partial charge on any atom is -0.462 e. The Morgan fingerprint density at radius 2 is 1.87 bits per heavy atom. The molecule has 6 aliphatic rings. The zero-order valence-corrected chi connectivity index (χ0v) is 24.2. The number of likely N-dealkylation sites (N-methyl/N-ethyl adjacent to an activating group) is 1. The number of carbonyl (C=O) groups is 2. The maximum absolute atomic E-state index is 13.2. The summed E-state index contributed by atoms with van der Waals surface area (Å²) in [6.07, 6.45) is -0.297. The average Bonchev–Trinajstić information content (AvgIpc) is 3.29. The molecule has 10 nitrogen and oxygen atoms in total. The average molecular weight is 572 g/mol. The molecule has 7 bridgehead atoms. The maximum Gasteiger partial charge on any atom is 0.321 e. The highest BCUT2D eigenvalue weighted by atomic mass is 35.5. The second-order valence-corrected chi connectivity index (χ2v) is 13.1. The molecule has 5 aliphatic carbocycles. The number of alkyl halides is 1. The van der Waals surface area contributed by atoms with Crippen LogP contribution in [-0.2, 0) is 33.3 Å². The molecule has 2 N–H and O–H groups in total. The molecule has 220 valence electrons. The van der Waals surface area contributed by atoms with E-state index in [2.05, 4.69) is 11.8 Å². The van der Waals surface area contributed by atoms with Crippen LogP contribution < -0.4 is 0 Å². The molecule has 6 rings (SSSR count). The first-order valence-electron chi connectivity index (χ1n) is 14.2. The van der Waals surface area contributed by atoms with Gasteiger partial charge in [0.05, 0.1) is 24.9 Å². The van der Waals surface area contributed by atoms with E-state index >= 15 is 0 Å². The van der Waals surface area contributed by atoms with Gasteiger partial charge in [-0.2, -0.15) is 0 Å². The molecule has 0 aromatic carbocycles. The van der Waals surface area contributed by atoms with Gasteiger partial charge in [0.15, 0.2) is 0 Å². The molecule has 13 atom stereocenters. The van der Waals surface area contributed by atoms with E-state index in [0.717, 1.165) is 0 Å². The van der Waals surface area contributed by atoms with E-state index in [1.165, 1.54) is 6.92 Å². The number of likely N-dealkylation sites (tertiary alicyclic amines) is 1. The fourth-order valence-corrected chi connectivity index (χ4v) is 11.4. The quantitative estimate of drug-likeness (QED) is 0.322. The highest BCUT2D eigenvalue weighted by molar-refractivity contribution is 6.26. The van der Waals surface area contributed by atoms with Crippen molar-refractivity contribution in [2.24, 2.45) is 34.5 Å². The van der Waals surface area contributed by atoms with Crippen molar-refractivity contribution in [1.29, 1.82) is 0 Å². The van der Waals surface area contributed by atoms with Crippen molar-refractivity contribution in [3.63, 3.8) is 0 Å². The summed E-state index contributed by atoms with van der Waals surface area (Å²) in [5.74, 6) is -2.45. The normalized spacial score (nSPS) is 53.0. The fraction of sp³-hybridized carbons (Fsp3) is 0.929. The second-order valence-electron chi connectivity index (χ2n) is 12.9. The van der Waals surface area contributed by atoms with Gasteiger partial charge in [-0.3, -0.25) is 14.5 Å². The standard InChI is InChI=1S/C28H42ClNO9/c1-6-30-12-25(13-35-3)8-7-18(39-19(32)11-29)27-16-9-15-17(36-4)10-26(33,20(16)21(15)38-14(2)31)28(34,24(27)30)23(37-5)22(25)27/h15-18,20-24,33-34H,6-13H2,1-5H3/t15-,16-,17+,18+,20-,21+,22-,23+,24-,25+,26-,27+,28-/m1/s1. The Bertz CT molecular complexity index is 1030. The first-order valence-corrected chi connectivity index (χ1v) is 14.7. The second kappa shape index (κ2) is 9.24. The van der Waals surface area contributed by atoms with E-state index in [4.69, 9.17) is 35.3 Å². The molecule has 0 radical (unpaired) electrons. The van der Waals surface area contributed by atoms with Crippen LogP contribution in [0.5, 0.6) is 0 Å². The number of piperidine rings is 1. The summed E-state index contributed by atoms with van der Waals surface area (Å²) in [4.78, 5) is 27.4. The molecular formula is C28H42ClNO9. The molecule has 0 amide bonds. The molecule has 5 saturated carbocycles. The van der Waals surface area contributed by atoms with Crippen LogP contribution in [0.4, 0.5) is 0 Å². The van der Waals surface area contributed by atoms with Crippen LogP contribution in [0.25, 0.3) is 0 Å². The van der Waals surface area contributed by atoms with E-state index in [1.54, 1.807) is 21.3 Å². The number of aliphatic hydroxyl groups is 2. The van der Waals surface area contributed by atoms with Crippen molar-refractivity contribution in [1.82, 2.24) is 4.90 Å². The van der Waals surface area contributed by atoms with Crippen molar-refractivity contribution in [2.45, 2.75) is 81.2 Å². The highest BCUT2D eigenvalue weighted by Crippen LogP contribution is 2.80. The van der Waals surface area contributed by atoms with Crippen LogP contribution in [0.3, 0.4) is 0 Å². The summed E-state index contributed by atoms with van der Waals surface area (Å²) in [5.41, 5.74) is -4.60. The minimum atomic E-state index is -1.75. The predicted octanol–water partition coefficient (Wildman–Crippen LogP) is 0.977. The van der Waals surface area contributed by atoms with Crippen molar-refractivity contribution >= 4 is 23.5 Å². The number of ether oxygens (including phenoxy) is 5. The number of carbonyl (C=O) groups excluding carboxylic acids is 2. The zero-order chi connectivity index (χ0) is 28.1. The van der Waals surface area contributed by atoms with Gasteiger partial charge >= 0.3 is 11.9 Å².